The highest BCUT2D eigenvalue weighted by molar-refractivity contribution is 5.40. The van der Waals surface area contributed by atoms with Crippen LogP contribution in [0.1, 0.15) is 40.3 Å². The lowest BCUT2D eigenvalue weighted by Gasteiger charge is -2.31. The van der Waals surface area contributed by atoms with Crippen molar-refractivity contribution in [2.24, 2.45) is 0 Å². The van der Waals surface area contributed by atoms with E-state index in [0.29, 0.717) is 6.04 Å². The lowest BCUT2D eigenvalue weighted by Crippen LogP contribution is -2.40. The molecule has 1 aromatic rings. The third kappa shape index (κ3) is 6.44. The monoisotopic (exact) mass is 292 g/mol. The van der Waals surface area contributed by atoms with Crippen LogP contribution in [0.25, 0.3) is 0 Å². The Labute approximate surface area is 130 Å². The molecule has 0 spiro atoms. The van der Waals surface area contributed by atoms with Gasteiger partial charge in [0.1, 0.15) is 5.82 Å². The van der Waals surface area contributed by atoms with Gasteiger partial charge >= 0.3 is 0 Å². The topological polar surface area (TPSA) is 31.4 Å². The Morgan fingerprint density at radius 2 is 1.90 bits per heavy atom. The maximum absolute atomic E-state index is 4.82. The first kappa shape index (κ1) is 17.9. The van der Waals surface area contributed by atoms with Crippen LogP contribution in [-0.2, 0) is 6.54 Å². The summed E-state index contributed by atoms with van der Waals surface area (Å²) in [6.45, 7) is 13.8. The number of aromatic nitrogens is 1. The second kappa shape index (κ2) is 7.76. The molecule has 4 heteroatoms. The molecule has 0 aliphatic rings. The summed E-state index contributed by atoms with van der Waals surface area (Å²) in [5, 5.41) is 3.49. The minimum Gasteiger partial charge on any atom is -0.353 e. The molecule has 0 bridgehead atoms. The Kier molecular flexibility index (Phi) is 6.62. The molecule has 0 amide bonds. The fourth-order valence-electron chi connectivity index (χ4n) is 2.41. The number of nitrogens with one attached hydrogen (secondary N) is 1. The SMILES string of the molecule is CCN(c1cccc(CNC(C)(C)C)n1)C(C)CN(C)C. The zero-order chi connectivity index (χ0) is 16.0. The standard InChI is InChI=1S/C17H32N4/c1-8-21(14(2)13-20(6)7)16-11-9-10-15(19-16)12-18-17(3,4)5/h9-11,14,18H,8,12-13H2,1-7H3. The number of likely N-dealkylation sites (N-methyl/N-ethyl adjacent to an activating group) is 2. The van der Waals surface area contributed by atoms with E-state index in [-0.39, 0.29) is 5.54 Å². The van der Waals surface area contributed by atoms with Crippen molar-refractivity contribution in [3.63, 3.8) is 0 Å². The van der Waals surface area contributed by atoms with E-state index in [4.69, 9.17) is 4.98 Å². The van der Waals surface area contributed by atoms with Crippen molar-refractivity contribution in [1.82, 2.24) is 15.2 Å². The highest BCUT2D eigenvalue weighted by Gasteiger charge is 2.15. The molecule has 1 N–H and O–H groups in total. The predicted octanol–water partition coefficient (Wildman–Crippen LogP) is 2.75. The highest BCUT2D eigenvalue weighted by Crippen LogP contribution is 2.15. The molecule has 21 heavy (non-hydrogen) atoms. The summed E-state index contributed by atoms with van der Waals surface area (Å²) in [4.78, 5) is 9.40. The van der Waals surface area contributed by atoms with E-state index in [1.54, 1.807) is 0 Å². The summed E-state index contributed by atoms with van der Waals surface area (Å²) in [6, 6.07) is 6.75. The molecule has 0 aliphatic carbocycles. The molecule has 0 fully saturated rings. The first-order chi connectivity index (χ1) is 9.73. The second-order valence-electron chi connectivity index (χ2n) is 6.99. The summed E-state index contributed by atoms with van der Waals surface area (Å²) in [5.41, 5.74) is 1.21. The van der Waals surface area contributed by atoms with Crippen LogP contribution in [0.15, 0.2) is 18.2 Å². The van der Waals surface area contributed by atoms with Gasteiger partial charge in [-0.15, -0.1) is 0 Å². The Morgan fingerprint density at radius 1 is 1.24 bits per heavy atom. The van der Waals surface area contributed by atoms with Crippen molar-refractivity contribution in [2.75, 3.05) is 32.1 Å². The van der Waals surface area contributed by atoms with Gasteiger partial charge in [0.15, 0.2) is 0 Å². The molecule has 1 heterocycles. The zero-order valence-electron chi connectivity index (χ0n) is 14.8. The number of nitrogens with zero attached hydrogens (tertiary/aromatic N) is 3. The quantitative estimate of drug-likeness (QED) is 0.837. The van der Waals surface area contributed by atoms with E-state index in [9.17, 15) is 0 Å². The lowest BCUT2D eigenvalue weighted by molar-refractivity contribution is 0.372. The molecule has 0 saturated heterocycles. The van der Waals surface area contributed by atoms with Gasteiger partial charge in [-0.25, -0.2) is 4.98 Å². The van der Waals surface area contributed by atoms with Crippen LogP contribution in [0.5, 0.6) is 0 Å². The Bertz CT molecular complexity index is 423. The van der Waals surface area contributed by atoms with E-state index in [2.05, 4.69) is 82.0 Å². The molecule has 0 aliphatic heterocycles. The van der Waals surface area contributed by atoms with E-state index in [1.807, 2.05) is 0 Å². The summed E-state index contributed by atoms with van der Waals surface area (Å²) >= 11 is 0. The number of hydrogen-bond donors (Lipinski definition) is 1. The molecule has 4 nitrogen and oxygen atoms in total. The van der Waals surface area contributed by atoms with Gasteiger partial charge < -0.3 is 15.1 Å². The van der Waals surface area contributed by atoms with Gasteiger partial charge in [0, 0.05) is 31.2 Å². The van der Waals surface area contributed by atoms with Gasteiger partial charge in [0.25, 0.3) is 0 Å². The smallest absolute Gasteiger partial charge is 0.129 e. The number of pyridine rings is 1. The first-order valence-electron chi connectivity index (χ1n) is 7.85. The Morgan fingerprint density at radius 3 is 2.43 bits per heavy atom. The van der Waals surface area contributed by atoms with E-state index in [0.717, 1.165) is 31.1 Å². The van der Waals surface area contributed by atoms with Crippen molar-refractivity contribution in [1.29, 1.82) is 0 Å². The largest absolute Gasteiger partial charge is 0.353 e. The molecular weight excluding hydrogens is 260 g/mol. The number of anilines is 1. The predicted molar refractivity (Wildman–Crippen MR) is 91.9 cm³/mol. The van der Waals surface area contributed by atoms with E-state index in [1.165, 1.54) is 0 Å². The molecule has 1 aromatic heterocycles. The van der Waals surface area contributed by atoms with Gasteiger partial charge in [-0.2, -0.15) is 0 Å². The van der Waals surface area contributed by atoms with Gasteiger partial charge in [0.2, 0.25) is 0 Å². The molecule has 1 atom stereocenters. The molecule has 0 aromatic carbocycles. The maximum atomic E-state index is 4.82. The summed E-state index contributed by atoms with van der Waals surface area (Å²) in [7, 11) is 4.23. The van der Waals surface area contributed by atoms with Crippen molar-refractivity contribution in [3.05, 3.63) is 23.9 Å². The van der Waals surface area contributed by atoms with E-state index >= 15 is 0 Å². The molecule has 1 unspecified atom stereocenters. The average Bonchev–Trinajstić information content (AvgIpc) is 2.36. The zero-order valence-corrected chi connectivity index (χ0v) is 14.8. The lowest BCUT2D eigenvalue weighted by atomic mass is 10.1. The molecule has 0 saturated carbocycles. The van der Waals surface area contributed by atoms with Crippen molar-refractivity contribution >= 4 is 5.82 Å². The fourth-order valence-corrected chi connectivity index (χ4v) is 2.41. The normalized spacial score (nSPS) is 13.5. The van der Waals surface area contributed by atoms with Gasteiger partial charge in [-0.3, -0.25) is 0 Å². The van der Waals surface area contributed by atoms with Crippen LogP contribution in [0.3, 0.4) is 0 Å². The number of rotatable bonds is 7. The minimum absolute atomic E-state index is 0.111. The molecular formula is C17H32N4. The van der Waals surface area contributed by atoms with Crippen LogP contribution < -0.4 is 10.2 Å². The average molecular weight is 292 g/mol. The van der Waals surface area contributed by atoms with Gasteiger partial charge in [-0.05, 0) is 60.8 Å². The van der Waals surface area contributed by atoms with Crippen LogP contribution in [0, 0.1) is 0 Å². The van der Waals surface area contributed by atoms with Crippen molar-refractivity contribution in [2.45, 2.75) is 52.7 Å². The Balaban J connectivity index is 2.81. The highest BCUT2D eigenvalue weighted by atomic mass is 15.2. The van der Waals surface area contributed by atoms with Crippen LogP contribution in [0.4, 0.5) is 5.82 Å². The third-order valence-corrected chi connectivity index (χ3v) is 3.39. The minimum atomic E-state index is 0.111. The summed E-state index contributed by atoms with van der Waals surface area (Å²) < 4.78 is 0. The first-order valence-corrected chi connectivity index (χ1v) is 7.85. The molecule has 0 radical (unpaired) electrons. The van der Waals surface area contributed by atoms with Gasteiger partial charge in [-0.1, -0.05) is 6.07 Å². The maximum Gasteiger partial charge on any atom is 0.129 e. The van der Waals surface area contributed by atoms with Gasteiger partial charge in [0.05, 0.1) is 5.69 Å². The second-order valence-corrected chi connectivity index (χ2v) is 6.99. The van der Waals surface area contributed by atoms with Crippen LogP contribution in [0.2, 0.25) is 0 Å². The van der Waals surface area contributed by atoms with Crippen molar-refractivity contribution in [3.8, 4) is 0 Å². The third-order valence-electron chi connectivity index (χ3n) is 3.39. The summed E-state index contributed by atoms with van der Waals surface area (Å²) in [5.74, 6) is 1.07. The molecule has 120 valence electrons. The van der Waals surface area contributed by atoms with Crippen LogP contribution in [-0.4, -0.2) is 48.6 Å². The Hall–Kier alpha value is -1.13. The molecule has 1 rings (SSSR count). The van der Waals surface area contributed by atoms with Crippen molar-refractivity contribution < 1.29 is 0 Å². The fraction of sp³-hybridized carbons (Fsp3) is 0.706. The van der Waals surface area contributed by atoms with E-state index < -0.39 is 0 Å². The number of hydrogen-bond acceptors (Lipinski definition) is 4. The van der Waals surface area contributed by atoms with Crippen LogP contribution >= 0.6 is 0 Å². The summed E-state index contributed by atoms with van der Waals surface area (Å²) in [6.07, 6.45) is 0.